The molecule has 1 unspecified atom stereocenters. The van der Waals surface area contributed by atoms with Gasteiger partial charge in [0, 0.05) is 19.6 Å². The number of benzene rings is 2. The van der Waals surface area contributed by atoms with E-state index in [0.717, 1.165) is 38.6 Å². The zero-order valence-electron chi connectivity index (χ0n) is 11.9. The Labute approximate surface area is 120 Å². The highest BCUT2D eigenvalue weighted by Crippen LogP contribution is 2.21. The zero-order chi connectivity index (χ0) is 13.8. The Morgan fingerprint density at radius 1 is 1.10 bits per heavy atom. The average molecular weight is 271 g/mol. The van der Waals surface area contributed by atoms with E-state index in [4.69, 9.17) is 9.47 Å². The lowest BCUT2D eigenvalue weighted by Crippen LogP contribution is -2.41. The summed E-state index contributed by atoms with van der Waals surface area (Å²) in [5, 5.41) is 2.48. The predicted octanol–water partition coefficient (Wildman–Crippen LogP) is 2.94. The van der Waals surface area contributed by atoms with E-state index < -0.39 is 0 Å². The van der Waals surface area contributed by atoms with E-state index in [9.17, 15) is 0 Å². The smallest absolute Gasteiger partial charge is 0.120 e. The standard InChI is InChI=1S/C17H21NO2/c1-14(13-18-8-10-19-11-9-18)20-17-7-6-15-4-2-3-5-16(15)12-17/h2-7,12,14H,8-11,13H2,1H3. The summed E-state index contributed by atoms with van der Waals surface area (Å²) in [6.45, 7) is 6.77. The number of fused-ring (bicyclic) bond motifs is 1. The van der Waals surface area contributed by atoms with E-state index >= 15 is 0 Å². The van der Waals surface area contributed by atoms with Gasteiger partial charge in [-0.15, -0.1) is 0 Å². The Hall–Kier alpha value is -1.58. The van der Waals surface area contributed by atoms with Gasteiger partial charge in [0.1, 0.15) is 11.9 Å². The molecule has 1 aliphatic rings. The largest absolute Gasteiger partial charge is 0.489 e. The van der Waals surface area contributed by atoms with Gasteiger partial charge >= 0.3 is 0 Å². The highest BCUT2D eigenvalue weighted by Gasteiger charge is 2.14. The van der Waals surface area contributed by atoms with Gasteiger partial charge in [0.15, 0.2) is 0 Å². The fraction of sp³-hybridized carbons (Fsp3) is 0.412. The van der Waals surface area contributed by atoms with E-state index in [1.54, 1.807) is 0 Å². The van der Waals surface area contributed by atoms with Crippen LogP contribution in [0, 0.1) is 0 Å². The SMILES string of the molecule is CC(CN1CCOCC1)Oc1ccc2ccccc2c1. The minimum Gasteiger partial charge on any atom is -0.489 e. The lowest BCUT2D eigenvalue weighted by molar-refractivity contribution is 0.0219. The van der Waals surface area contributed by atoms with E-state index in [2.05, 4.69) is 54.3 Å². The van der Waals surface area contributed by atoms with Crippen molar-refractivity contribution < 1.29 is 9.47 Å². The minimum atomic E-state index is 0.189. The highest BCUT2D eigenvalue weighted by atomic mass is 16.5. The second kappa shape index (κ2) is 6.25. The Bertz CT molecular complexity index is 564. The summed E-state index contributed by atoms with van der Waals surface area (Å²) in [4.78, 5) is 2.40. The van der Waals surface area contributed by atoms with Gasteiger partial charge in [-0.25, -0.2) is 0 Å². The Kier molecular flexibility index (Phi) is 4.19. The summed E-state index contributed by atoms with van der Waals surface area (Å²) < 4.78 is 11.4. The maximum Gasteiger partial charge on any atom is 0.120 e. The monoisotopic (exact) mass is 271 g/mol. The molecule has 106 valence electrons. The van der Waals surface area contributed by atoms with Crippen LogP contribution in [-0.2, 0) is 4.74 Å². The molecule has 0 saturated carbocycles. The number of hydrogen-bond acceptors (Lipinski definition) is 3. The molecule has 2 aromatic rings. The van der Waals surface area contributed by atoms with Crippen molar-refractivity contribution in [3.05, 3.63) is 42.5 Å². The maximum atomic E-state index is 6.04. The first kappa shape index (κ1) is 13.4. The van der Waals surface area contributed by atoms with Crippen LogP contribution in [-0.4, -0.2) is 43.9 Å². The van der Waals surface area contributed by atoms with Gasteiger partial charge in [0.2, 0.25) is 0 Å². The molecule has 3 heteroatoms. The van der Waals surface area contributed by atoms with Gasteiger partial charge in [-0.3, -0.25) is 4.90 Å². The second-order valence-corrected chi connectivity index (χ2v) is 5.35. The van der Waals surface area contributed by atoms with Crippen LogP contribution >= 0.6 is 0 Å². The zero-order valence-corrected chi connectivity index (χ0v) is 11.9. The van der Waals surface area contributed by atoms with Gasteiger partial charge in [0.25, 0.3) is 0 Å². The molecular formula is C17H21NO2. The normalized spacial score (nSPS) is 18.1. The highest BCUT2D eigenvalue weighted by molar-refractivity contribution is 5.83. The molecule has 0 amide bonds. The molecule has 1 atom stereocenters. The van der Waals surface area contributed by atoms with Crippen molar-refractivity contribution in [1.29, 1.82) is 0 Å². The predicted molar refractivity (Wildman–Crippen MR) is 81.3 cm³/mol. The van der Waals surface area contributed by atoms with Crippen LogP contribution in [0.2, 0.25) is 0 Å². The van der Waals surface area contributed by atoms with Gasteiger partial charge in [-0.2, -0.15) is 0 Å². The van der Waals surface area contributed by atoms with Gasteiger partial charge in [0.05, 0.1) is 13.2 Å². The Morgan fingerprint density at radius 2 is 1.85 bits per heavy atom. The summed E-state index contributed by atoms with van der Waals surface area (Å²) in [7, 11) is 0. The maximum absolute atomic E-state index is 6.04. The van der Waals surface area contributed by atoms with Crippen LogP contribution in [0.3, 0.4) is 0 Å². The molecule has 0 aromatic heterocycles. The van der Waals surface area contributed by atoms with E-state index in [-0.39, 0.29) is 6.10 Å². The van der Waals surface area contributed by atoms with Crippen molar-refractivity contribution in [1.82, 2.24) is 4.90 Å². The fourth-order valence-electron chi connectivity index (χ4n) is 2.66. The second-order valence-electron chi connectivity index (χ2n) is 5.35. The first-order chi connectivity index (χ1) is 9.81. The molecule has 0 radical (unpaired) electrons. The molecule has 1 fully saturated rings. The van der Waals surface area contributed by atoms with Crippen LogP contribution in [0.25, 0.3) is 10.8 Å². The van der Waals surface area contributed by atoms with Crippen molar-refractivity contribution in [3.8, 4) is 5.75 Å². The summed E-state index contributed by atoms with van der Waals surface area (Å²) in [5.41, 5.74) is 0. The summed E-state index contributed by atoms with van der Waals surface area (Å²) >= 11 is 0. The Balaban J connectivity index is 1.62. The molecule has 1 heterocycles. The van der Waals surface area contributed by atoms with E-state index in [0.29, 0.717) is 0 Å². The fourth-order valence-corrected chi connectivity index (χ4v) is 2.66. The molecule has 0 spiro atoms. The number of nitrogens with zero attached hydrogens (tertiary/aromatic N) is 1. The molecule has 3 nitrogen and oxygen atoms in total. The third-order valence-electron chi connectivity index (χ3n) is 3.68. The van der Waals surface area contributed by atoms with Crippen LogP contribution in [0.15, 0.2) is 42.5 Å². The van der Waals surface area contributed by atoms with Crippen LogP contribution < -0.4 is 4.74 Å². The Morgan fingerprint density at radius 3 is 2.65 bits per heavy atom. The lowest BCUT2D eigenvalue weighted by Gasteiger charge is -2.29. The molecule has 1 saturated heterocycles. The molecule has 0 bridgehead atoms. The first-order valence-electron chi connectivity index (χ1n) is 7.27. The number of rotatable bonds is 4. The van der Waals surface area contributed by atoms with Crippen LogP contribution in [0.4, 0.5) is 0 Å². The topological polar surface area (TPSA) is 21.7 Å². The average Bonchev–Trinajstić information content (AvgIpc) is 2.48. The quantitative estimate of drug-likeness (QED) is 0.853. The third kappa shape index (κ3) is 3.30. The molecular weight excluding hydrogens is 250 g/mol. The summed E-state index contributed by atoms with van der Waals surface area (Å²) in [5.74, 6) is 0.949. The van der Waals surface area contributed by atoms with Gasteiger partial charge in [-0.05, 0) is 29.8 Å². The molecule has 3 rings (SSSR count). The first-order valence-corrected chi connectivity index (χ1v) is 7.27. The number of ether oxygens (including phenoxy) is 2. The van der Waals surface area contributed by atoms with Crippen molar-refractivity contribution in [2.45, 2.75) is 13.0 Å². The van der Waals surface area contributed by atoms with E-state index in [1.807, 2.05) is 0 Å². The van der Waals surface area contributed by atoms with Crippen molar-refractivity contribution in [2.24, 2.45) is 0 Å². The molecule has 0 aliphatic carbocycles. The number of hydrogen-bond donors (Lipinski definition) is 0. The van der Waals surface area contributed by atoms with Crippen LogP contribution in [0.1, 0.15) is 6.92 Å². The van der Waals surface area contributed by atoms with Crippen molar-refractivity contribution in [3.63, 3.8) is 0 Å². The number of morpholine rings is 1. The third-order valence-corrected chi connectivity index (χ3v) is 3.68. The minimum absolute atomic E-state index is 0.189. The summed E-state index contributed by atoms with van der Waals surface area (Å²) in [6.07, 6.45) is 0.189. The lowest BCUT2D eigenvalue weighted by atomic mass is 10.1. The molecule has 2 aromatic carbocycles. The molecule has 1 aliphatic heterocycles. The molecule has 0 N–H and O–H groups in total. The molecule has 20 heavy (non-hydrogen) atoms. The van der Waals surface area contributed by atoms with Crippen molar-refractivity contribution in [2.75, 3.05) is 32.8 Å². The van der Waals surface area contributed by atoms with E-state index in [1.165, 1.54) is 10.8 Å². The van der Waals surface area contributed by atoms with Crippen LogP contribution in [0.5, 0.6) is 5.75 Å². The van der Waals surface area contributed by atoms with Gasteiger partial charge < -0.3 is 9.47 Å². The van der Waals surface area contributed by atoms with Gasteiger partial charge in [-0.1, -0.05) is 30.3 Å². The summed E-state index contributed by atoms with van der Waals surface area (Å²) in [6, 6.07) is 14.6. The van der Waals surface area contributed by atoms with Crippen molar-refractivity contribution >= 4 is 10.8 Å².